The van der Waals surface area contributed by atoms with Crippen LogP contribution in [0.3, 0.4) is 0 Å². The number of nitrogens with one attached hydrogen (secondary N) is 1. The van der Waals surface area contributed by atoms with Gasteiger partial charge in [0.15, 0.2) is 0 Å². The fourth-order valence-electron chi connectivity index (χ4n) is 0.964. The molecule has 0 bridgehead atoms. The van der Waals surface area contributed by atoms with Gasteiger partial charge in [-0.05, 0) is 31.2 Å². The molecule has 0 fully saturated rings. The second-order valence-electron chi connectivity index (χ2n) is 3.07. The Hall–Kier alpha value is -1.12. The second-order valence-corrected chi connectivity index (χ2v) is 6.65. The lowest BCUT2D eigenvalue weighted by molar-refractivity contribution is 0.597. The maximum Gasteiger partial charge on any atom is 0.238 e. The van der Waals surface area contributed by atoms with Gasteiger partial charge in [0.25, 0.3) is 0 Å². The Morgan fingerprint density at radius 2 is 1.62 bits per heavy atom. The van der Waals surface area contributed by atoms with Crippen LogP contribution >= 0.6 is 0 Å². The fraction of sp³-hybridized carbons (Fsp3) is 0.250. The molecule has 0 atom stereocenters. The van der Waals surface area contributed by atoms with Crippen LogP contribution in [0.25, 0.3) is 0 Å². The van der Waals surface area contributed by atoms with Gasteiger partial charge < -0.3 is 0 Å². The summed E-state index contributed by atoms with van der Waals surface area (Å²) in [6.45, 7) is 1.50. The van der Waals surface area contributed by atoms with E-state index < -0.39 is 20.0 Å². The van der Waals surface area contributed by atoms with Crippen molar-refractivity contribution in [3.05, 3.63) is 24.3 Å². The molecule has 90 valence electrons. The van der Waals surface area contributed by atoms with Crippen molar-refractivity contribution in [2.24, 2.45) is 5.14 Å². The van der Waals surface area contributed by atoms with Gasteiger partial charge in [0.1, 0.15) is 0 Å². The largest absolute Gasteiger partial charge is 0.284 e. The topological polar surface area (TPSA) is 106 Å². The van der Waals surface area contributed by atoms with Gasteiger partial charge in [-0.25, -0.2) is 22.0 Å². The van der Waals surface area contributed by atoms with Crippen LogP contribution < -0.4 is 9.86 Å². The van der Waals surface area contributed by atoms with Crippen molar-refractivity contribution >= 4 is 25.7 Å². The van der Waals surface area contributed by atoms with Crippen LogP contribution in [0.15, 0.2) is 29.2 Å². The first kappa shape index (κ1) is 12.9. The molecule has 1 aromatic rings. The summed E-state index contributed by atoms with van der Waals surface area (Å²) in [5, 5.41) is 4.89. The standard InChI is InChI=1S/C8H12N2O4S2/c1-2-15(11,12)10-7-3-5-8(6-4-7)16(9,13)14/h3-6,10H,2H2,1H3,(H2,9,13,14). The minimum absolute atomic E-state index is 0.0516. The van der Waals surface area contributed by atoms with Crippen LogP contribution in [0, 0.1) is 0 Å². The van der Waals surface area contributed by atoms with Crippen molar-refractivity contribution in [2.75, 3.05) is 10.5 Å². The first-order chi connectivity index (χ1) is 7.24. The molecule has 0 aliphatic heterocycles. The van der Waals surface area contributed by atoms with E-state index in [4.69, 9.17) is 5.14 Å². The Balaban J connectivity index is 2.97. The number of hydrogen-bond donors (Lipinski definition) is 2. The van der Waals surface area contributed by atoms with Crippen LogP contribution in [-0.2, 0) is 20.0 Å². The quantitative estimate of drug-likeness (QED) is 0.804. The smallest absolute Gasteiger partial charge is 0.238 e. The van der Waals surface area contributed by atoms with Gasteiger partial charge in [-0.3, -0.25) is 4.72 Å². The minimum Gasteiger partial charge on any atom is -0.284 e. The third-order valence-electron chi connectivity index (χ3n) is 1.84. The van der Waals surface area contributed by atoms with Crippen LogP contribution in [0.5, 0.6) is 0 Å². The van der Waals surface area contributed by atoms with Gasteiger partial charge in [-0.2, -0.15) is 0 Å². The van der Waals surface area contributed by atoms with Gasteiger partial charge in [-0.1, -0.05) is 0 Å². The van der Waals surface area contributed by atoms with E-state index in [2.05, 4.69) is 4.72 Å². The van der Waals surface area contributed by atoms with Gasteiger partial charge in [0, 0.05) is 5.69 Å². The highest BCUT2D eigenvalue weighted by molar-refractivity contribution is 7.92. The molecule has 16 heavy (non-hydrogen) atoms. The van der Waals surface area contributed by atoms with Crippen molar-refractivity contribution in [2.45, 2.75) is 11.8 Å². The lowest BCUT2D eigenvalue weighted by atomic mass is 10.3. The molecule has 0 aliphatic carbocycles. The lowest BCUT2D eigenvalue weighted by Gasteiger charge is -2.06. The molecule has 0 radical (unpaired) electrons. The van der Waals surface area contributed by atoms with E-state index in [9.17, 15) is 16.8 Å². The van der Waals surface area contributed by atoms with E-state index in [0.717, 1.165) is 0 Å². The lowest BCUT2D eigenvalue weighted by Crippen LogP contribution is -2.15. The molecule has 0 heterocycles. The Kier molecular flexibility index (Phi) is 3.56. The number of anilines is 1. The highest BCUT2D eigenvalue weighted by Gasteiger charge is 2.09. The van der Waals surface area contributed by atoms with Crippen molar-refractivity contribution in [3.63, 3.8) is 0 Å². The molecular formula is C8H12N2O4S2. The zero-order valence-corrected chi connectivity index (χ0v) is 10.2. The highest BCUT2D eigenvalue weighted by atomic mass is 32.2. The fourth-order valence-corrected chi connectivity index (χ4v) is 2.12. The zero-order chi connectivity index (χ0) is 12.4. The van der Waals surface area contributed by atoms with Gasteiger partial charge in [0.2, 0.25) is 20.0 Å². The van der Waals surface area contributed by atoms with E-state index in [0.29, 0.717) is 5.69 Å². The molecule has 0 amide bonds. The monoisotopic (exact) mass is 264 g/mol. The maximum atomic E-state index is 11.2. The third kappa shape index (κ3) is 3.47. The van der Waals surface area contributed by atoms with Crippen LogP contribution in [0.1, 0.15) is 6.92 Å². The van der Waals surface area contributed by atoms with Crippen molar-refractivity contribution in [1.82, 2.24) is 0 Å². The minimum atomic E-state index is -3.75. The van der Waals surface area contributed by atoms with Crippen LogP contribution in [-0.4, -0.2) is 22.6 Å². The number of sulfonamides is 2. The SMILES string of the molecule is CCS(=O)(=O)Nc1ccc(S(N)(=O)=O)cc1. The summed E-state index contributed by atoms with van der Waals surface area (Å²) in [6.07, 6.45) is 0. The van der Waals surface area contributed by atoms with Gasteiger partial charge in [0.05, 0.1) is 10.6 Å². The molecular weight excluding hydrogens is 252 g/mol. The molecule has 0 saturated heterocycles. The van der Waals surface area contributed by atoms with E-state index in [1.54, 1.807) is 0 Å². The summed E-state index contributed by atoms with van der Waals surface area (Å²) in [6, 6.07) is 5.16. The second kappa shape index (κ2) is 4.40. The summed E-state index contributed by atoms with van der Waals surface area (Å²) in [7, 11) is -7.10. The predicted molar refractivity (Wildman–Crippen MR) is 60.9 cm³/mol. The van der Waals surface area contributed by atoms with Crippen molar-refractivity contribution in [3.8, 4) is 0 Å². The molecule has 0 saturated carbocycles. The highest BCUT2D eigenvalue weighted by Crippen LogP contribution is 2.13. The average Bonchev–Trinajstić information content (AvgIpc) is 2.16. The molecule has 0 aromatic heterocycles. The Morgan fingerprint density at radius 3 is 2.00 bits per heavy atom. The average molecular weight is 264 g/mol. The number of benzene rings is 1. The summed E-state index contributed by atoms with van der Waals surface area (Å²) in [5.74, 6) is -0.0516. The van der Waals surface area contributed by atoms with Crippen molar-refractivity contribution in [1.29, 1.82) is 0 Å². The Labute approximate surface area is 94.6 Å². The Bertz CT molecular complexity index is 561. The number of rotatable bonds is 4. The van der Waals surface area contributed by atoms with Gasteiger partial charge >= 0.3 is 0 Å². The summed E-state index contributed by atoms with van der Waals surface area (Å²) >= 11 is 0. The summed E-state index contributed by atoms with van der Waals surface area (Å²) in [4.78, 5) is -0.0630. The van der Waals surface area contributed by atoms with E-state index in [1.165, 1.54) is 31.2 Å². The van der Waals surface area contributed by atoms with E-state index in [-0.39, 0.29) is 10.6 Å². The molecule has 0 spiro atoms. The maximum absolute atomic E-state index is 11.2. The number of nitrogens with two attached hydrogens (primary N) is 1. The van der Waals surface area contributed by atoms with Gasteiger partial charge in [-0.15, -0.1) is 0 Å². The van der Waals surface area contributed by atoms with E-state index in [1.807, 2.05) is 0 Å². The summed E-state index contributed by atoms with van der Waals surface area (Å²) < 4.78 is 46.5. The Morgan fingerprint density at radius 1 is 1.12 bits per heavy atom. The molecule has 0 unspecified atom stereocenters. The molecule has 3 N–H and O–H groups in total. The van der Waals surface area contributed by atoms with Crippen LogP contribution in [0.2, 0.25) is 0 Å². The van der Waals surface area contributed by atoms with E-state index >= 15 is 0 Å². The molecule has 6 nitrogen and oxygen atoms in total. The first-order valence-electron chi connectivity index (χ1n) is 4.38. The molecule has 1 aromatic carbocycles. The van der Waals surface area contributed by atoms with Crippen LogP contribution in [0.4, 0.5) is 5.69 Å². The van der Waals surface area contributed by atoms with Crippen molar-refractivity contribution < 1.29 is 16.8 Å². The number of primary sulfonamides is 1. The predicted octanol–water partition coefficient (Wildman–Crippen LogP) is 0.0956. The molecule has 1 rings (SSSR count). The first-order valence-corrected chi connectivity index (χ1v) is 7.58. The molecule has 8 heteroatoms. The molecule has 0 aliphatic rings. The third-order valence-corrected chi connectivity index (χ3v) is 4.07. The number of hydrogen-bond acceptors (Lipinski definition) is 4. The zero-order valence-electron chi connectivity index (χ0n) is 8.54. The normalized spacial score (nSPS) is 12.4. The summed E-state index contributed by atoms with van der Waals surface area (Å²) in [5.41, 5.74) is 0.300.